The molecule has 1 atom stereocenters. The summed E-state index contributed by atoms with van der Waals surface area (Å²) in [6.07, 6.45) is 0.942. The number of aliphatic hydroxyl groups excluding tert-OH is 2. The summed E-state index contributed by atoms with van der Waals surface area (Å²) in [6, 6.07) is 16.0. The van der Waals surface area contributed by atoms with E-state index < -0.39 is 0 Å². The molecule has 0 aliphatic heterocycles. The molecule has 4 heteroatoms. The molecule has 0 aliphatic rings. The Hall–Kier alpha value is -2.04. The molecule has 1 unspecified atom stereocenters. The van der Waals surface area contributed by atoms with E-state index in [1.165, 1.54) is 11.1 Å². The Balaban J connectivity index is 1.91. The summed E-state index contributed by atoms with van der Waals surface area (Å²) in [4.78, 5) is 0. The van der Waals surface area contributed by atoms with Crippen LogP contribution in [0.15, 0.2) is 48.5 Å². The van der Waals surface area contributed by atoms with E-state index in [0.29, 0.717) is 19.1 Å². The van der Waals surface area contributed by atoms with Crippen LogP contribution in [-0.2, 0) is 6.42 Å². The first kappa shape index (κ1) is 17.3. The maximum atomic E-state index is 8.76. The lowest BCUT2D eigenvalue weighted by atomic mass is 9.94. The summed E-state index contributed by atoms with van der Waals surface area (Å²) in [5, 5.41) is 17.5. The Morgan fingerprint density at radius 2 is 1.26 bits per heavy atom. The molecule has 2 aromatic carbocycles. The van der Waals surface area contributed by atoms with Gasteiger partial charge in [0, 0.05) is 0 Å². The molecule has 124 valence electrons. The van der Waals surface area contributed by atoms with Crippen LogP contribution >= 0.6 is 0 Å². The smallest absolute Gasteiger partial charge is 0.119 e. The van der Waals surface area contributed by atoms with Gasteiger partial charge in [-0.15, -0.1) is 0 Å². The molecule has 0 saturated heterocycles. The van der Waals surface area contributed by atoms with Gasteiger partial charge in [0.2, 0.25) is 0 Å². The minimum atomic E-state index is 0.0240. The van der Waals surface area contributed by atoms with E-state index in [9.17, 15) is 0 Å². The summed E-state index contributed by atoms with van der Waals surface area (Å²) in [7, 11) is 0. The lowest BCUT2D eigenvalue weighted by Gasteiger charge is -2.13. The quantitative estimate of drug-likeness (QED) is 0.747. The molecular formula is C19H24O4. The Kier molecular flexibility index (Phi) is 6.91. The topological polar surface area (TPSA) is 58.9 Å². The zero-order valence-corrected chi connectivity index (χ0v) is 13.4. The molecule has 0 aliphatic carbocycles. The van der Waals surface area contributed by atoms with Gasteiger partial charge in [0.1, 0.15) is 24.7 Å². The van der Waals surface area contributed by atoms with Crippen LogP contribution in [0, 0.1) is 0 Å². The van der Waals surface area contributed by atoms with Crippen molar-refractivity contribution >= 4 is 0 Å². The lowest BCUT2D eigenvalue weighted by Crippen LogP contribution is -2.03. The Labute approximate surface area is 137 Å². The average Bonchev–Trinajstić information content (AvgIpc) is 2.59. The fraction of sp³-hybridized carbons (Fsp3) is 0.368. The van der Waals surface area contributed by atoms with Crippen molar-refractivity contribution in [3.05, 3.63) is 59.7 Å². The SMILES string of the molecule is CC(Cc1ccc(OCCO)cc1)c1ccc(OCCO)cc1. The fourth-order valence-corrected chi connectivity index (χ4v) is 2.41. The van der Waals surface area contributed by atoms with E-state index in [4.69, 9.17) is 19.7 Å². The second kappa shape index (κ2) is 9.18. The van der Waals surface area contributed by atoms with Crippen LogP contribution in [0.2, 0.25) is 0 Å². The largest absolute Gasteiger partial charge is 0.491 e. The van der Waals surface area contributed by atoms with Gasteiger partial charge in [-0.05, 0) is 47.7 Å². The van der Waals surface area contributed by atoms with E-state index in [2.05, 4.69) is 31.2 Å². The van der Waals surface area contributed by atoms with Crippen molar-refractivity contribution < 1.29 is 19.7 Å². The minimum Gasteiger partial charge on any atom is -0.491 e. The van der Waals surface area contributed by atoms with Gasteiger partial charge in [0.15, 0.2) is 0 Å². The Bertz CT molecular complexity index is 563. The molecule has 0 fully saturated rings. The van der Waals surface area contributed by atoms with Crippen LogP contribution < -0.4 is 9.47 Å². The summed E-state index contributed by atoms with van der Waals surface area (Å²) >= 11 is 0. The van der Waals surface area contributed by atoms with Gasteiger partial charge in [-0.1, -0.05) is 31.2 Å². The van der Waals surface area contributed by atoms with E-state index in [-0.39, 0.29) is 13.2 Å². The normalized spacial score (nSPS) is 12.0. The minimum absolute atomic E-state index is 0.0240. The highest BCUT2D eigenvalue weighted by Crippen LogP contribution is 2.24. The number of aliphatic hydroxyl groups is 2. The molecule has 0 saturated carbocycles. The summed E-state index contributed by atoms with van der Waals surface area (Å²) in [6.45, 7) is 2.88. The molecule has 2 N–H and O–H groups in total. The van der Waals surface area contributed by atoms with E-state index in [1.807, 2.05) is 24.3 Å². The highest BCUT2D eigenvalue weighted by molar-refractivity contribution is 5.32. The van der Waals surface area contributed by atoms with Gasteiger partial charge in [0.25, 0.3) is 0 Å². The molecule has 0 spiro atoms. The van der Waals surface area contributed by atoms with Gasteiger partial charge in [-0.2, -0.15) is 0 Å². The molecule has 2 rings (SSSR count). The second-order valence-corrected chi connectivity index (χ2v) is 5.46. The van der Waals surface area contributed by atoms with E-state index >= 15 is 0 Å². The first-order chi connectivity index (χ1) is 11.2. The lowest BCUT2D eigenvalue weighted by molar-refractivity contribution is 0.201. The number of rotatable bonds is 9. The predicted octanol–water partition coefficient (Wildman–Crippen LogP) is 2.78. The molecule has 0 radical (unpaired) electrons. The maximum Gasteiger partial charge on any atom is 0.119 e. The van der Waals surface area contributed by atoms with Gasteiger partial charge in [-0.3, -0.25) is 0 Å². The van der Waals surface area contributed by atoms with Crippen LogP contribution in [0.4, 0.5) is 0 Å². The molecule has 2 aromatic rings. The van der Waals surface area contributed by atoms with Crippen LogP contribution in [0.25, 0.3) is 0 Å². The zero-order chi connectivity index (χ0) is 16.5. The third-order valence-electron chi connectivity index (χ3n) is 3.63. The molecular weight excluding hydrogens is 292 g/mol. The third kappa shape index (κ3) is 5.58. The molecule has 0 heterocycles. The number of hydrogen-bond donors (Lipinski definition) is 2. The third-order valence-corrected chi connectivity index (χ3v) is 3.63. The molecule has 0 amide bonds. The van der Waals surface area contributed by atoms with E-state index in [1.54, 1.807) is 0 Å². The monoisotopic (exact) mass is 316 g/mol. The van der Waals surface area contributed by atoms with Crippen molar-refractivity contribution in [1.82, 2.24) is 0 Å². The average molecular weight is 316 g/mol. The van der Waals surface area contributed by atoms with Crippen molar-refractivity contribution in [3.63, 3.8) is 0 Å². The van der Waals surface area contributed by atoms with Crippen LogP contribution in [-0.4, -0.2) is 36.6 Å². The first-order valence-corrected chi connectivity index (χ1v) is 7.89. The summed E-state index contributed by atoms with van der Waals surface area (Å²) in [5.41, 5.74) is 2.50. The van der Waals surface area contributed by atoms with Gasteiger partial charge >= 0.3 is 0 Å². The number of benzene rings is 2. The summed E-state index contributed by atoms with van der Waals surface area (Å²) in [5.74, 6) is 1.95. The molecule has 4 nitrogen and oxygen atoms in total. The van der Waals surface area contributed by atoms with Crippen molar-refractivity contribution in [2.24, 2.45) is 0 Å². The van der Waals surface area contributed by atoms with Gasteiger partial charge in [0.05, 0.1) is 13.2 Å². The van der Waals surface area contributed by atoms with E-state index in [0.717, 1.165) is 17.9 Å². The van der Waals surface area contributed by atoms with Crippen molar-refractivity contribution in [3.8, 4) is 11.5 Å². The highest BCUT2D eigenvalue weighted by atomic mass is 16.5. The summed E-state index contributed by atoms with van der Waals surface area (Å²) < 4.78 is 10.7. The van der Waals surface area contributed by atoms with Gasteiger partial charge < -0.3 is 19.7 Å². The highest BCUT2D eigenvalue weighted by Gasteiger charge is 2.07. The van der Waals surface area contributed by atoms with Crippen molar-refractivity contribution in [2.75, 3.05) is 26.4 Å². The van der Waals surface area contributed by atoms with Gasteiger partial charge in [-0.25, -0.2) is 0 Å². The first-order valence-electron chi connectivity index (χ1n) is 7.89. The molecule has 0 bridgehead atoms. The van der Waals surface area contributed by atoms with Crippen LogP contribution in [0.1, 0.15) is 24.0 Å². The van der Waals surface area contributed by atoms with Crippen molar-refractivity contribution in [1.29, 1.82) is 0 Å². The van der Waals surface area contributed by atoms with Crippen LogP contribution in [0.3, 0.4) is 0 Å². The number of hydrogen-bond acceptors (Lipinski definition) is 4. The molecule has 23 heavy (non-hydrogen) atoms. The maximum absolute atomic E-state index is 8.76. The Morgan fingerprint density at radius 1 is 0.783 bits per heavy atom. The zero-order valence-electron chi connectivity index (χ0n) is 13.4. The van der Waals surface area contributed by atoms with Crippen molar-refractivity contribution in [2.45, 2.75) is 19.3 Å². The second-order valence-electron chi connectivity index (χ2n) is 5.46. The molecule has 0 aromatic heterocycles. The standard InChI is InChI=1S/C19H24O4/c1-15(17-4-8-19(9-5-17)23-13-11-21)14-16-2-6-18(7-3-16)22-12-10-20/h2-9,15,20-21H,10-14H2,1H3. The predicted molar refractivity (Wildman–Crippen MR) is 90.2 cm³/mol. The van der Waals surface area contributed by atoms with Crippen LogP contribution in [0.5, 0.6) is 11.5 Å². The number of ether oxygens (including phenoxy) is 2. The Morgan fingerprint density at radius 3 is 1.74 bits per heavy atom. The fourth-order valence-electron chi connectivity index (χ4n) is 2.41.